The van der Waals surface area contributed by atoms with Crippen LogP contribution in [0, 0.1) is 0 Å². The van der Waals surface area contributed by atoms with E-state index < -0.39 is 0 Å². The summed E-state index contributed by atoms with van der Waals surface area (Å²) in [6.45, 7) is 0. The van der Waals surface area contributed by atoms with E-state index in [1.54, 1.807) is 0 Å². The summed E-state index contributed by atoms with van der Waals surface area (Å²) < 4.78 is 9.85. The molecule has 0 saturated heterocycles. The maximum Gasteiger partial charge on any atom is 0.164 e. The Kier molecular flexibility index (Phi) is 7.86. The van der Waals surface area contributed by atoms with Gasteiger partial charge in [0.15, 0.2) is 17.5 Å². The third-order valence-corrected chi connectivity index (χ3v) is 16.1. The van der Waals surface area contributed by atoms with Gasteiger partial charge in [-0.3, -0.25) is 0 Å². The van der Waals surface area contributed by atoms with Gasteiger partial charge in [0.25, 0.3) is 0 Å². The Hall–Kier alpha value is -7.55. The molecule has 14 rings (SSSR count). The molecule has 0 aliphatic rings. The topological polar surface area (TPSA) is 43.6 Å². The summed E-state index contributed by atoms with van der Waals surface area (Å²) >= 11 is 5.46. The highest BCUT2D eigenvalue weighted by molar-refractivity contribution is 7.26. The van der Waals surface area contributed by atoms with Crippen molar-refractivity contribution in [3.05, 3.63) is 194 Å². The number of hydrogen-bond donors (Lipinski definition) is 0. The molecular formula is C57H32N4S3. The second kappa shape index (κ2) is 14.0. The quantitative estimate of drug-likeness (QED) is 0.173. The molecule has 0 saturated carbocycles. The van der Waals surface area contributed by atoms with Crippen LogP contribution in [-0.4, -0.2) is 19.5 Å². The van der Waals surface area contributed by atoms with E-state index in [-0.39, 0.29) is 0 Å². The van der Waals surface area contributed by atoms with Gasteiger partial charge in [-0.15, -0.1) is 34.0 Å². The van der Waals surface area contributed by atoms with E-state index in [9.17, 15) is 0 Å². The van der Waals surface area contributed by atoms with Crippen molar-refractivity contribution in [3.63, 3.8) is 0 Å². The number of fused-ring (bicyclic) bond motifs is 12. The van der Waals surface area contributed by atoms with Crippen molar-refractivity contribution in [3.8, 4) is 51.0 Å². The zero-order chi connectivity index (χ0) is 41.9. The van der Waals surface area contributed by atoms with Crippen molar-refractivity contribution in [2.45, 2.75) is 0 Å². The molecule has 298 valence electrons. The van der Waals surface area contributed by atoms with Crippen molar-refractivity contribution < 1.29 is 0 Å². The molecule has 5 aromatic heterocycles. The van der Waals surface area contributed by atoms with Crippen molar-refractivity contribution >= 4 is 116 Å². The fourth-order valence-corrected chi connectivity index (χ4v) is 13.0. The zero-order valence-corrected chi connectivity index (χ0v) is 36.4. The van der Waals surface area contributed by atoms with Crippen LogP contribution in [0.25, 0.3) is 133 Å². The molecule has 9 aromatic carbocycles. The lowest BCUT2D eigenvalue weighted by molar-refractivity contribution is 1.08. The molecule has 0 spiro atoms. The summed E-state index contributed by atoms with van der Waals surface area (Å²) in [5.74, 6) is 1.98. The van der Waals surface area contributed by atoms with Gasteiger partial charge in [-0.25, -0.2) is 15.0 Å². The highest BCUT2D eigenvalue weighted by atomic mass is 32.1. The number of para-hydroxylation sites is 2. The fourth-order valence-electron chi connectivity index (χ4n) is 9.69. The van der Waals surface area contributed by atoms with Crippen molar-refractivity contribution in [1.82, 2.24) is 19.5 Å². The van der Waals surface area contributed by atoms with E-state index in [1.165, 1.54) is 88.1 Å². The lowest BCUT2D eigenvalue weighted by atomic mass is 9.99. The van der Waals surface area contributed by atoms with Crippen LogP contribution < -0.4 is 0 Å². The van der Waals surface area contributed by atoms with E-state index in [0.29, 0.717) is 17.5 Å². The number of rotatable bonds is 5. The maximum atomic E-state index is 5.37. The van der Waals surface area contributed by atoms with Crippen LogP contribution in [-0.2, 0) is 0 Å². The van der Waals surface area contributed by atoms with Gasteiger partial charge in [0, 0.05) is 93.7 Å². The van der Waals surface area contributed by atoms with E-state index in [0.717, 1.165) is 27.8 Å². The molecule has 7 heteroatoms. The molecule has 0 atom stereocenters. The Morgan fingerprint density at radius 1 is 0.297 bits per heavy atom. The number of nitrogens with zero attached hydrogens (tertiary/aromatic N) is 4. The van der Waals surface area contributed by atoms with Crippen LogP contribution in [0.15, 0.2) is 194 Å². The highest BCUT2D eigenvalue weighted by Crippen LogP contribution is 2.44. The van der Waals surface area contributed by atoms with E-state index in [1.807, 2.05) is 34.0 Å². The molecule has 0 aliphatic heterocycles. The highest BCUT2D eigenvalue weighted by Gasteiger charge is 2.20. The summed E-state index contributed by atoms with van der Waals surface area (Å²) in [6, 6.07) is 70.3. The second-order valence-electron chi connectivity index (χ2n) is 16.3. The van der Waals surface area contributed by atoms with Crippen LogP contribution in [0.2, 0.25) is 0 Å². The van der Waals surface area contributed by atoms with Gasteiger partial charge in [-0.2, -0.15) is 0 Å². The molecular weight excluding hydrogens is 837 g/mol. The molecule has 0 aliphatic carbocycles. The standard InChI is InChI=1S/C57H32N4S3/c1-2-11-37(12-3-1)61-46-17-7-4-13-38(46)42-29-33(21-25-47(42)61)34-22-26-52-45(30-34)54-41(16-10-20-53(54)64-52)57-59-55(35-23-27-50-43(31-35)39-14-5-8-18-48(39)62-50)58-56(60-57)36-24-28-51-44(32-36)40-15-6-9-19-49(40)63-51/h1-32H. The first kappa shape index (κ1) is 36.0. The van der Waals surface area contributed by atoms with Gasteiger partial charge in [-0.05, 0) is 108 Å². The largest absolute Gasteiger partial charge is 0.309 e. The van der Waals surface area contributed by atoms with Gasteiger partial charge < -0.3 is 4.57 Å². The fraction of sp³-hybridized carbons (Fsp3) is 0. The van der Waals surface area contributed by atoms with Gasteiger partial charge in [0.05, 0.1) is 11.0 Å². The Morgan fingerprint density at radius 2 is 0.766 bits per heavy atom. The SMILES string of the molecule is c1ccc(-n2c3ccccc3c3cc(-c4ccc5sc6cccc(-c7nc(-c8ccc9sc%10ccccc%10c9c8)nc(-c8ccc9sc%10ccccc%10c9c8)n7)c6c5c4)ccc32)cc1. The second-order valence-corrected chi connectivity index (χ2v) is 19.6. The third kappa shape index (κ3) is 5.55. The summed E-state index contributed by atoms with van der Waals surface area (Å²) in [6.07, 6.45) is 0. The maximum absolute atomic E-state index is 5.37. The van der Waals surface area contributed by atoms with Crippen molar-refractivity contribution in [2.24, 2.45) is 0 Å². The van der Waals surface area contributed by atoms with Gasteiger partial charge in [0.2, 0.25) is 0 Å². The predicted molar refractivity (Wildman–Crippen MR) is 275 cm³/mol. The first-order valence-electron chi connectivity index (χ1n) is 21.3. The molecule has 0 amide bonds. The van der Waals surface area contributed by atoms with E-state index in [4.69, 9.17) is 15.0 Å². The number of aromatic nitrogens is 4. The molecule has 5 heterocycles. The zero-order valence-electron chi connectivity index (χ0n) is 34.0. The Balaban J connectivity index is 0.965. The Bertz CT molecular complexity index is 4080. The molecule has 64 heavy (non-hydrogen) atoms. The third-order valence-electron chi connectivity index (χ3n) is 12.7. The number of benzene rings is 9. The van der Waals surface area contributed by atoms with Gasteiger partial charge >= 0.3 is 0 Å². The summed E-state index contributed by atoms with van der Waals surface area (Å²) in [7, 11) is 0. The molecule has 0 radical (unpaired) electrons. The molecule has 0 fully saturated rings. The average molecular weight is 869 g/mol. The van der Waals surface area contributed by atoms with Crippen LogP contribution in [0.5, 0.6) is 0 Å². The van der Waals surface area contributed by atoms with Gasteiger partial charge in [-0.1, -0.05) is 97.1 Å². The molecule has 4 nitrogen and oxygen atoms in total. The summed E-state index contributed by atoms with van der Waals surface area (Å²) in [5, 5.41) is 9.77. The van der Waals surface area contributed by atoms with E-state index >= 15 is 0 Å². The van der Waals surface area contributed by atoms with Crippen LogP contribution >= 0.6 is 34.0 Å². The summed E-state index contributed by atoms with van der Waals surface area (Å²) in [5.41, 5.74) is 8.84. The molecule has 14 aromatic rings. The van der Waals surface area contributed by atoms with Crippen LogP contribution in [0.4, 0.5) is 0 Å². The Morgan fingerprint density at radius 3 is 1.45 bits per heavy atom. The minimum Gasteiger partial charge on any atom is -0.309 e. The van der Waals surface area contributed by atoms with Crippen LogP contribution in [0.3, 0.4) is 0 Å². The lowest BCUT2D eigenvalue weighted by Crippen LogP contribution is -2.00. The first-order chi connectivity index (χ1) is 31.7. The summed E-state index contributed by atoms with van der Waals surface area (Å²) in [4.78, 5) is 16.0. The normalized spacial score (nSPS) is 12.1. The first-order valence-corrected chi connectivity index (χ1v) is 23.8. The smallest absolute Gasteiger partial charge is 0.164 e. The minimum absolute atomic E-state index is 0.660. The average Bonchev–Trinajstić information content (AvgIpc) is 4.12. The molecule has 0 unspecified atom stereocenters. The minimum atomic E-state index is 0.660. The Labute approximate surface area is 378 Å². The van der Waals surface area contributed by atoms with Crippen LogP contribution in [0.1, 0.15) is 0 Å². The lowest BCUT2D eigenvalue weighted by Gasteiger charge is -2.10. The number of hydrogen-bond acceptors (Lipinski definition) is 6. The van der Waals surface area contributed by atoms with E-state index in [2.05, 4.69) is 199 Å². The monoisotopic (exact) mass is 868 g/mol. The predicted octanol–water partition coefficient (Wildman–Crippen LogP) is 16.7. The number of thiophene rings is 3. The molecule has 0 N–H and O–H groups in total. The molecule has 0 bridgehead atoms. The van der Waals surface area contributed by atoms with Crippen molar-refractivity contribution in [1.29, 1.82) is 0 Å². The van der Waals surface area contributed by atoms with Gasteiger partial charge in [0.1, 0.15) is 0 Å². The van der Waals surface area contributed by atoms with Crippen molar-refractivity contribution in [2.75, 3.05) is 0 Å².